The number of quaternary nitrogens is 2. The molecule has 3 aromatic rings. The van der Waals surface area contributed by atoms with E-state index in [1.165, 1.54) is 29.1 Å². The standard InChI is InChI=1S/C21H24N4O/c1-17-7-5-6-10-19(17)15-24-11-13-25(14-12-24)16-20-22-21(23-26-20)18-8-3-2-4-9-18/h2-10H,11-16H2,1H3/p+2. The number of rotatable bonds is 5. The van der Waals surface area contributed by atoms with Gasteiger partial charge in [0.2, 0.25) is 5.82 Å². The van der Waals surface area contributed by atoms with E-state index in [2.05, 4.69) is 41.3 Å². The highest BCUT2D eigenvalue weighted by atomic mass is 16.5. The molecule has 2 aromatic carbocycles. The van der Waals surface area contributed by atoms with Crippen LogP contribution < -0.4 is 9.80 Å². The van der Waals surface area contributed by atoms with Crippen LogP contribution in [0.1, 0.15) is 17.0 Å². The summed E-state index contributed by atoms with van der Waals surface area (Å²) in [5, 5.41) is 4.13. The molecular weight excluding hydrogens is 324 g/mol. The molecule has 1 fully saturated rings. The van der Waals surface area contributed by atoms with Gasteiger partial charge in [-0.15, -0.1) is 0 Å². The molecule has 134 valence electrons. The molecule has 0 atom stereocenters. The number of aryl methyl sites for hydroxylation is 1. The summed E-state index contributed by atoms with van der Waals surface area (Å²) < 4.78 is 5.47. The minimum Gasteiger partial charge on any atom is -0.333 e. The van der Waals surface area contributed by atoms with E-state index in [-0.39, 0.29) is 0 Å². The van der Waals surface area contributed by atoms with Crippen LogP contribution in [0.2, 0.25) is 0 Å². The van der Waals surface area contributed by atoms with Gasteiger partial charge in [0.25, 0.3) is 5.89 Å². The van der Waals surface area contributed by atoms with Crippen LogP contribution in [0.3, 0.4) is 0 Å². The van der Waals surface area contributed by atoms with Crippen molar-refractivity contribution in [1.82, 2.24) is 10.1 Å². The number of hydrogen-bond acceptors (Lipinski definition) is 3. The molecule has 5 nitrogen and oxygen atoms in total. The highest BCUT2D eigenvalue weighted by molar-refractivity contribution is 5.53. The first-order valence-electron chi connectivity index (χ1n) is 9.37. The Labute approximate surface area is 154 Å². The molecule has 5 heteroatoms. The van der Waals surface area contributed by atoms with Crippen LogP contribution in [-0.2, 0) is 13.1 Å². The molecule has 1 aliphatic heterocycles. The first-order valence-corrected chi connectivity index (χ1v) is 9.37. The summed E-state index contributed by atoms with van der Waals surface area (Å²) in [6, 6.07) is 18.7. The normalized spacial score (nSPS) is 20.2. The molecule has 2 N–H and O–H groups in total. The van der Waals surface area contributed by atoms with Gasteiger partial charge in [-0.05, 0) is 12.5 Å². The number of aromatic nitrogens is 2. The first-order chi connectivity index (χ1) is 12.8. The minimum absolute atomic E-state index is 0.684. The van der Waals surface area contributed by atoms with Crippen LogP contribution in [0.15, 0.2) is 59.1 Å². The van der Waals surface area contributed by atoms with Gasteiger partial charge in [-0.2, -0.15) is 4.98 Å². The van der Waals surface area contributed by atoms with Gasteiger partial charge in [0.05, 0.1) is 0 Å². The second kappa shape index (κ2) is 7.81. The molecule has 0 spiro atoms. The van der Waals surface area contributed by atoms with Gasteiger partial charge in [-0.25, -0.2) is 0 Å². The largest absolute Gasteiger partial charge is 0.333 e. The number of benzene rings is 2. The Bertz CT molecular complexity index is 838. The summed E-state index contributed by atoms with van der Waals surface area (Å²) in [7, 11) is 0. The van der Waals surface area contributed by atoms with Crippen molar-refractivity contribution in [2.75, 3.05) is 26.2 Å². The average molecular weight is 350 g/mol. The topological polar surface area (TPSA) is 47.8 Å². The van der Waals surface area contributed by atoms with E-state index in [1.807, 2.05) is 30.3 Å². The van der Waals surface area contributed by atoms with Crippen molar-refractivity contribution in [3.05, 3.63) is 71.6 Å². The van der Waals surface area contributed by atoms with E-state index in [9.17, 15) is 0 Å². The molecule has 1 aliphatic rings. The monoisotopic (exact) mass is 350 g/mol. The third-order valence-corrected chi connectivity index (χ3v) is 5.27. The first kappa shape index (κ1) is 16.9. The number of hydrogen-bond donors (Lipinski definition) is 2. The molecule has 0 unspecified atom stereocenters. The van der Waals surface area contributed by atoms with Crippen molar-refractivity contribution >= 4 is 0 Å². The number of nitrogens with zero attached hydrogens (tertiary/aromatic N) is 2. The van der Waals surface area contributed by atoms with Gasteiger partial charge in [-0.3, -0.25) is 0 Å². The number of nitrogens with one attached hydrogen (secondary N) is 2. The fraction of sp³-hybridized carbons (Fsp3) is 0.333. The minimum atomic E-state index is 0.684. The fourth-order valence-electron chi connectivity index (χ4n) is 3.63. The van der Waals surface area contributed by atoms with E-state index >= 15 is 0 Å². The lowest BCUT2D eigenvalue weighted by Gasteiger charge is -2.29. The van der Waals surface area contributed by atoms with Crippen LogP contribution >= 0.6 is 0 Å². The predicted octanol–water partition coefficient (Wildman–Crippen LogP) is 0.529. The maximum absolute atomic E-state index is 5.47. The zero-order chi connectivity index (χ0) is 17.8. The van der Waals surface area contributed by atoms with E-state index in [1.54, 1.807) is 4.90 Å². The zero-order valence-corrected chi connectivity index (χ0v) is 15.2. The quantitative estimate of drug-likeness (QED) is 0.706. The van der Waals surface area contributed by atoms with E-state index in [4.69, 9.17) is 4.52 Å². The molecular formula is C21H26N4O+2. The molecule has 1 saturated heterocycles. The lowest BCUT2D eigenvalue weighted by atomic mass is 10.1. The van der Waals surface area contributed by atoms with Gasteiger partial charge in [0.1, 0.15) is 32.7 Å². The molecule has 4 rings (SSSR count). The van der Waals surface area contributed by atoms with Gasteiger partial charge in [0, 0.05) is 11.1 Å². The van der Waals surface area contributed by atoms with Crippen molar-refractivity contribution in [2.45, 2.75) is 20.0 Å². The van der Waals surface area contributed by atoms with Gasteiger partial charge in [0.15, 0.2) is 6.54 Å². The summed E-state index contributed by atoms with van der Waals surface area (Å²) in [6.07, 6.45) is 0. The van der Waals surface area contributed by atoms with Crippen LogP contribution in [-0.4, -0.2) is 36.3 Å². The van der Waals surface area contributed by atoms with Crippen molar-refractivity contribution < 1.29 is 14.3 Å². The van der Waals surface area contributed by atoms with Crippen LogP contribution in [0.25, 0.3) is 11.4 Å². The highest BCUT2D eigenvalue weighted by Crippen LogP contribution is 2.14. The zero-order valence-electron chi connectivity index (χ0n) is 15.2. The molecule has 0 saturated carbocycles. The summed E-state index contributed by atoms with van der Waals surface area (Å²) in [6.45, 7) is 8.80. The molecule has 0 amide bonds. The van der Waals surface area contributed by atoms with Gasteiger partial charge < -0.3 is 14.3 Å². The molecule has 1 aromatic heterocycles. The maximum Gasteiger partial charge on any atom is 0.282 e. The second-order valence-electron chi connectivity index (χ2n) is 7.16. The Morgan fingerprint density at radius 3 is 2.23 bits per heavy atom. The molecule has 2 heterocycles. The summed E-state index contributed by atoms with van der Waals surface area (Å²) >= 11 is 0. The average Bonchev–Trinajstić information content (AvgIpc) is 3.14. The fourth-order valence-corrected chi connectivity index (χ4v) is 3.63. The van der Waals surface area contributed by atoms with Gasteiger partial charge in [-0.1, -0.05) is 59.8 Å². The van der Waals surface area contributed by atoms with E-state index in [0.717, 1.165) is 37.6 Å². The highest BCUT2D eigenvalue weighted by Gasteiger charge is 2.25. The van der Waals surface area contributed by atoms with Crippen molar-refractivity contribution in [2.24, 2.45) is 0 Å². The van der Waals surface area contributed by atoms with Crippen molar-refractivity contribution in [3.63, 3.8) is 0 Å². The van der Waals surface area contributed by atoms with Crippen LogP contribution in [0.4, 0.5) is 0 Å². The van der Waals surface area contributed by atoms with Crippen molar-refractivity contribution in [1.29, 1.82) is 0 Å². The molecule has 0 aliphatic carbocycles. The van der Waals surface area contributed by atoms with E-state index in [0.29, 0.717) is 5.82 Å². The lowest BCUT2D eigenvalue weighted by molar-refractivity contribution is -1.02. The molecule has 0 radical (unpaired) electrons. The Hall–Kier alpha value is -2.50. The maximum atomic E-state index is 5.47. The van der Waals surface area contributed by atoms with E-state index < -0.39 is 0 Å². The van der Waals surface area contributed by atoms with Gasteiger partial charge >= 0.3 is 0 Å². The SMILES string of the molecule is Cc1ccccc1C[NH+]1CC[NH+](Cc2nc(-c3ccccc3)no2)CC1. The Balaban J connectivity index is 1.30. The van der Waals surface area contributed by atoms with Crippen LogP contribution in [0.5, 0.6) is 0 Å². The summed E-state index contributed by atoms with van der Waals surface area (Å²) in [5.74, 6) is 1.42. The number of piperazine rings is 1. The third kappa shape index (κ3) is 4.00. The molecule has 26 heavy (non-hydrogen) atoms. The smallest absolute Gasteiger partial charge is 0.282 e. The Morgan fingerprint density at radius 2 is 1.50 bits per heavy atom. The summed E-state index contributed by atoms with van der Waals surface area (Å²) in [4.78, 5) is 7.76. The predicted molar refractivity (Wildman–Crippen MR) is 99.7 cm³/mol. The lowest BCUT2D eigenvalue weighted by Crippen LogP contribution is -3.27. The third-order valence-electron chi connectivity index (χ3n) is 5.27. The Kier molecular flexibility index (Phi) is 5.09. The van der Waals surface area contributed by atoms with Crippen LogP contribution in [0, 0.1) is 6.92 Å². The van der Waals surface area contributed by atoms with Crippen molar-refractivity contribution in [3.8, 4) is 11.4 Å². The summed E-state index contributed by atoms with van der Waals surface area (Å²) in [5.41, 5.74) is 3.87. The Morgan fingerprint density at radius 1 is 0.846 bits per heavy atom. The molecule has 0 bridgehead atoms. The second-order valence-corrected chi connectivity index (χ2v) is 7.16.